The molecule has 2 aromatic carbocycles. The zero-order valence-corrected chi connectivity index (χ0v) is 11.6. The van der Waals surface area contributed by atoms with Crippen LogP contribution in [0.3, 0.4) is 0 Å². The molecule has 3 rings (SSSR count). The van der Waals surface area contributed by atoms with E-state index in [1.54, 1.807) is 7.05 Å². The highest BCUT2D eigenvalue weighted by molar-refractivity contribution is 5.90. The topological polar surface area (TPSA) is 37.8 Å². The van der Waals surface area contributed by atoms with Gasteiger partial charge in [-0.1, -0.05) is 24.3 Å². The predicted octanol–water partition coefficient (Wildman–Crippen LogP) is 4.36. The Morgan fingerprint density at radius 1 is 0.909 bits per heavy atom. The second kappa shape index (κ2) is 5.29. The molecule has 0 spiro atoms. The second-order valence-corrected chi connectivity index (χ2v) is 4.74. The molecule has 0 unspecified atom stereocenters. The van der Waals surface area contributed by atoms with Gasteiger partial charge in [0.15, 0.2) is 5.82 Å². The molecule has 0 aliphatic rings. The molecule has 0 aliphatic heterocycles. The van der Waals surface area contributed by atoms with Gasteiger partial charge in [-0.2, -0.15) is 13.2 Å². The van der Waals surface area contributed by atoms with Crippen LogP contribution in [0.25, 0.3) is 22.3 Å². The number of para-hydroxylation sites is 1. The van der Waals surface area contributed by atoms with E-state index in [9.17, 15) is 13.2 Å². The van der Waals surface area contributed by atoms with Gasteiger partial charge in [0.25, 0.3) is 0 Å². The number of anilines is 1. The van der Waals surface area contributed by atoms with E-state index >= 15 is 0 Å². The van der Waals surface area contributed by atoms with E-state index in [1.165, 1.54) is 12.1 Å². The summed E-state index contributed by atoms with van der Waals surface area (Å²) >= 11 is 0. The molecule has 0 amide bonds. The summed E-state index contributed by atoms with van der Waals surface area (Å²) in [6, 6.07) is 12.3. The van der Waals surface area contributed by atoms with Crippen LogP contribution in [0, 0.1) is 0 Å². The van der Waals surface area contributed by atoms with Crippen molar-refractivity contribution < 1.29 is 13.2 Å². The summed E-state index contributed by atoms with van der Waals surface area (Å²) in [5, 5.41) is 3.85. The summed E-state index contributed by atoms with van der Waals surface area (Å²) in [5.41, 5.74) is 0.581. The van der Waals surface area contributed by atoms with Crippen molar-refractivity contribution in [3.63, 3.8) is 0 Å². The smallest absolute Gasteiger partial charge is 0.373 e. The number of nitrogens with one attached hydrogen (secondary N) is 1. The van der Waals surface area contributed by atoms with Crippen LogP contribution in [-0.4, -0.2) is 17.0 Å². The molecule has 0 saturated heterocycles. The van der Waals surface area contributed by atoms with E-state index in [4.69, 9.17) is 0 Å². The molecule has 0 saturated carbocycles. The molecule has 0 aliphatic carbocycles. The molecule has 1 N–H and O–H groups in total. The molecule has 3 aromatic rings. The summed E-state index contributed by atoms with van der Waals surface area (Å²) in [5.74, 6) is 1.03. The first-order valence-corrected chi connectivity index (χ1v) is 6.61. The molecule has 1 heterocycles. The molecule has 112 valence electrons. The minimum Gasteiger partial charge on any atom is -0.373 e. The Kier molecular flexibility index (Phi) is 3.44. The Morgan fingerprint density at radius 2 is 1.59 bits per heavy atom. The van der Waals surface area contributed by atoms with Crippen LogP contribution in [0.15, 0.2) is 48.5 Å². The third-order valence-electron chi connectivity index (χ3n) is 3.31. The number of aromatic nitrogens is 2. The zero-order valence-electron chi connectivity index (χ0n) is 11.6. The van der Waals surface area contributed by atoms with Crippen molar-refractivity contribution in [3.05, 3.63) is 54.1 Å². The van der Waals surface area contributed by atoms with E-state index in [1.807, 2.05) is 24.3 Å². The van der Waals surface area contributed by atoms with Gasteiger partial charge < -0.3 is 5.32 Å². The van der Waals surface area contributed by atoms with Gasteiger partial charge in [-0.25, -0.2) is 9.97 Å². The number of hydrogen-bond donors (Lipinski definition) is 1. The van der Waals surface area contributed by atoms with Crippen LogP contribution in [0.5, 0.6) is 0 Å². The Balaban J connectivity index is 2.10. The van der Waals surface area contributed by atoms with Crippen LogP contribution >= 0.6 is 0 Å². The number of benzene rings is 2. The summed E-state index contributed by atoms with van der Waals surface area (Å²) in [7, 11) is 1.74. The molecule has 3 nitrogen and oxygen atoms in total. The minimum absolute atomic E-state index is 0.386. The average Bonchev–Trinajstić information content (AvgIpc) is 2.53. The first-order chi connectivity index (χ1) is 10.5. The third-order valence-corrected chi connectivity index (χ3v) is 3.31. The molecule has 22 heavy (non-hydrogen) atoms. The van der Waals surface area contributed by atoms with E-state index in [-0.39, 0.29) is 0 Å². The molecule has 0 radical (unpaired) electrons. The lowest BCUT2D eigenvalue weighted by atomic mass is 10.1. The molecular formula is C16H12F3N3. The first-order valence-electron chi connectivity index (χ1n) is 6.61. The van der Waals surface area contributed by atoms with Crippen LogP contribution in [-0.2, 0) is 6.18 Å². The lowest BCUT2D eigenvalue weighted by Gasteiger charge is -2.09. The number of fused-ring (bicyclic) bond motifs is 1. The highest BCUT2D eigenvalue weighted by Gasteiger charge is 2.30. The quantitative estimate of drug-likeness (QED) is 0.764. The van der Waals surface area contributed by atoms with Gasteiger partial charge in [-0.15, -0.1) is 0 Å². The van der Waals surface area contributed by atoms with Crippen LogP contribution in [0.1, 0.15) is 5.56 Å². The lowest BCUT2D eigenvalue weighted by Crippen LogP contribution is -2.04. The molecule has 0 fully saturated rings. The van der Waals surface area contributed by atoms with Gasteiger partial charge in [-0.05, 0) is 24.3 Å². The van der Waals surface area contributed by atoms with Crippen molar-refractivity contribution >= 4 is 16.7 Å². The summed E-state index contributed by atoms with van der Waals surface area (Å²) < 4.78 is 37.8. The summed E-state index contributed by atoms with van der Waals surface area (Å²) in [6.45, 7) is 0. The highest BCUT2D eigenvalue weighted by Crippen LogP contribution is 2.31. The molecular weight excluding hydrogens is 291 g/mol. The Labute approximate surface area is 124 Å². The van der Waals surface area contributed by atoms with Crippen LogP contribution in [0.2, 0.25) is 0 Å². The van der Waals surface area contributed by atoms with Crippen molar-refractivity contribution in [3.8, 4) is 11.4 Å². The first kappa shape index (κ1) is 14.3. The monoisotopic (exact) mass is 303 g/mol. The van der Waals surface area contributed by atoms with Gasteiger partial charge in [0.05, 0.1) is 11.1 Å². The summed E-state index contributed by atoms with van der Waals surface area (Å²) in [4.78, 5) is 8.79. The Bertz CT molecular complexity index is 811. The maximum atomic E-state index is 12.6. The predicted molar refractivity (Wildman–Crippen MR) is 79.5 cm³/mol. The number of hydrogen-bond acceptors (Lipinski definition) is 3. The van der Waals surface area contributed by atoms with E-state index in [2.05, 4.69) is 15.3 Å². The van der Waals surface area contributed by atoms with Gasteiger partial charge in [-0.3, -0.25) is 0 Å². The lowest BCUT2D eigenvalue weighted by molar-refractivity contribution is -0.137. The van der Waals surface area contributed by atoms with E-state index in [0.717, 1.165) is 23.0 Å². The SMILES string of the molecule is CNc1nc(-c2ccc(C(F)(F)F)cc2)nc2ccccc12. The molecule has 0 bridgehead atoms. The molecule has 0 atom stereocenters. The van der Waals surface area contributed by atoms with E-state index < -0.39 is 11.7 Å². The van der Waals surface area contributed by atoms with Gasteiger partial charge in [0.1, 0.15) is 5.82 Å². The number of halogens is 3. The number of nitrogens with zero attached hydrogens (tertiary/aromatic N) is 2. The van der Waals surface area contributed by atoms with Crippen molar-refractivity contribution in [1.29, 1.82) is 0 Å². The van der Waals surface area contributed by atoms with Gasteiger partial charge >= 0.3 is 6.18 Å². The minimum atomic E-state index is -4.35. The van der Waals surface area contributed by atoms with Crippen LogP contribution < -0.4 is 5.32 Å². The number of alkyl halides is 3. The van der Waals surface area contributed by atoms with Crippen LogP contribution in [0.4, 0.5) is 19.0 Å². The van der Waals surface area contributed by atoms with Crippen molar-refractivity contribution in [2.45, 2.75) is 6.18 Å². The third kappa shape index (κ3) is 2.59. The zero-order chi connectivity index (χ0) is 15.7. The number of rotatable bonds is 2. The molecule has 6 heteroatoms. The van der Waals surface area contributed by atoms with Gasteiger partial charge in [0, 0.05) is 18.0 Å². The standard InChI is InChI=1S/C16H12F3N3/c1-20-15-12-4-2-3-5-13(12)21-14(22-15)10-6-8-11(9-7-10)16(17,18)19/h2-9H,1H3,(H,20,21,22). The average molecular weight is 303 g/mol. The fourth-order valence-corrected chi connectivity index (χ4v) is 2.20. The Morgan fingerprint density at radius 3 is 2.23 bits per heavy atom. The Hall–Kier alpha value is -2.63. The highest BCUT2D eigenvalue weighted by atomic mass is 19.4. The normalized spacial score (nSPS) is 11.6. The van der Waals surface area contributed by atoms with Crippen molar-refractivity contribution in [2.75, 3.05) is 12.4 Å². The van der Waals surface area contributed by atoms with Crippen molar-refractivity contribution in [2.24, 2.45) is 0 Å². The maximum Gasteiger partial charge on any atom is 0.416 e. The fraction of sp³-hybridized carbons (Fsp3) is 0.125. The largest absolute Gasteiger partial charge is 0.416 e. The van der Waals surface area contributed by atoms with Gasteiger partial charge in [0.2, 0.25) is 0 Å². The van der Waals surface area contributed by atoms with E-state index in [0.29, 0.717) is 17.2 Å². The molecule has 1 aromatic heterocycles. The van der Waals surface area contributed by atoms with Crippen molar-refractivity contribution in [1.82, 2.24) is 9.97 Å². The fourth-order valence-electron chi connectivity index (χ4n) is 2.20. The second-order valence-electron chi connectivity index (χ2n) is 4.74. The maximum absolute atomic E-state index is 12.6. The summed E-state index contributed by atoms with van der Waals surface area (Å²) in [6.07, 6.45) is -4.35.